The number of ether oxygens (including phenoxy) is 1. The van der Waals surface area contributed by atoms with E-state index in [1.807, 2.05) is 6.92 Å². The fourth-order valence-corrected chi connectivity index (χ4v) is 2.54. The van der Waals surface area contributed by atoms with Crippen molar-refractivity contribution in [3.05, 3.63) is 30.1 Å². The third kappa shape index (κ3) is 4.22. The monoisotopic (exact) mass is 279 g/mol. The van der Waals surface area contributed by atoms with E-state index in [-0.39, 0.29) is 17.8 Å². The SMILES string of the molecule is CC[C@H](Oc1ccc(F)cc1)C(=O)NC1CCCCC1. The van der Waals surface area contributed by atoms with E-state index >= 15 is 0 Å². The van der Waals surface area contributed by atoms with Crippen molar-refractivity contribution < 1.29 is 13.9 Å². The Balaban J connectivity index is 1.89. The summed E-state index contributed by atoms with van der Waals surface area (Å²) in [6.07, 6.45) is 5.81. The fourth-order valence-electron chi connectivity index (χ4n) is 2.54. The Morgan fingerprint density at radius 3 is 2.55 bits per heavy atom. The molecule has 4 heteroatoms. The minimum absolute atomic E-state index is 0.0660. The number of carbonyl (C=O) groups is 1. The number of rotatable bonds is 5. The zero-order valence-corrected chi connectivity index (χ0v) is 11.9. The van der Waals surface area contributed by atoms with E-state index in [1.54, 1.807) is 12.1 Å². The highest BCUT2D eigenvalue weighted by Gasteiger charge is 2.22. The lowest BCUT2D eigenvalue weighted by Gasteiger charge is -2.25. The molecular weight excluding hydrogens is 257 g/mol. The van der Waals surface area contributed by atoms with Crippen molar-refractivity contribution in [2.45, 2.75) is 57.6 Å². The summed E-state index contributed by atoms with van der Waals surface area (Å²) in [5.41, 5.74) is 0. The number of carbonyl (C=O) groups excluding carboxylic acids is 1. The van der Waals surface area contributed by atoms with Crippen LogP contribution in [0, 0.1) is 5.82 Å². The average molecular weight is 279 g/mol. The Labute approximate surface area is 119 Å². The number of hydrogen-bond acceptors (Lipinski definition) is 2. The summed E-state index contributed by atoms with van der Waals surface area (Å²) in [6.45, 7) is 1.91. The fraction of sp³-hybridized carbons (Fsp3) is 0.562. The van der Waals surface area contributed by atoms with Crippen molar-refractivity contribution in [1.29, 1.82) is 0 Å². The topological polar surface area (TPSA) is 38.3 Å². The molecule has 3 nitrogen and oxygen atoms in total. The summed E-state index contributed by atoms with van der Waals surface area (Å²) in [5.74, 6) is 0.151. The molecular formula is C16H22FNO2. The van der Waals surface area contributed by atoms with Crippen molar-refractivity contribution in [3.8, 4) is 5.75 Å². The zero-order chi connectivity index (χ0) is 14.4. The van der Waals surface area contributed by atoms with E-state index in [4.69, 9.17) is 4.74 Å². The lowest BCUT2D eigenvalue weighted by atomic mass is 9.95. The van der Waals surface area contributed by atoms with Crippen LogP contribution in [0.25, 0.3) is 0 Å². The van der Waals surface area contributed by atoms with Crippen LogP contribution in [0.15, 0.2) is 24.3 Å². The Morgan fingerprint density at radius 2 is 1.95 bits per heavy atom. The van der Waals surface area contributed by atoms with Gasteiger partial charge in [0.25, 0.3) is 5.91 Å². The summed E-state index contributed by atoms with van der Waals surface area (Å²) in [5, 5.41) is 3.06. The molecule has 0 saturated heterocycles. The van der Waals surface area contributed by atoms with Crippen molar-refractivity contribution in [2.24, 2.45) is 0 Å². The molecule has 1 atom stereocenters. The molecule has 1 aliphatic carbocycles. The van der Waals surface area contributed by atoms with Gasteiger partial charge in [0.1, 0.15) is 11.6 Å². The molecule has 0 spiro atoms. The second kappa shape index (κ2) is 7.27. The van der Waals surface area contributed by atoms with Crippen molar-refractivity contribution in [2.75, 3.05) is 0 Å². The minimum atomic E-state index is -0.512. The first-order valence-corrected chi connectivity index (χ1v) is 7.41. The first kappa shape index (κ1) is 14.8. The van der Waals surface area contributed by atoms with Gasteiger partial charge in [0.05, 0.1) is 0 Å². The van der Waals surface area contributed by atoms with E-state index in [9.17, 15) is 9.18 Å². The summed E-state index contributed by atoms with van der Waals surface area (Å²) < 4.78 is 18.5. The highest BCUT2D eigenvalue weighted by atomic mass is 19.1. The Kier molecular flexibility index (Phi) is 5.39. The van der Waals surface area contributed by atoms with Gasteiger partial charge in [-0.2, -0.15) is 0 Å². The van der Waals surface area contributed by atoms with Crippen LogP contribution in [0.2, 0.25) is 0 Å². The molecule has 1 fully saturated rings. The second-order valence-electron chi connectivity index (χ2n) is 5.31. The molecule has 110 valence electrons. The van der Waals surface area contributed by atoms with Crippen molar-refractivity contribution in [3.63, 3.8) is 0 Å². The maximum absolute atomic E-state index is 12.8. The van der Waals surface area contributed by atoms with Crippen LogP contribution in [0.5, 0.6) is 5.75 Å². The van der Waals surface area contributed by atoms with Gasteiger partial charge in [-0.25, -0.2) is 4.39 Å². The van der Waals surface area contributed by atoms with Crippen LogP contribution in [0.3, 0.4) is 0 Å². The normalized spacial score (nSPS) is 17.5. The summed E-state index contributed by atoms with van der Waals surface area (Å²) in [4.78, 5) is 12.2. The molecule has 2 rings (SSSR count). The van der Waals surface area contributed by atoms with Gasteiger partial charge < -0.3 is 10.1 Å². The predicted octanol–water partition coefficient (Wildman–Crippen LogP) is 3.43. The molecule has 0 aromatic heterocycles. The summed E-state index contributed by atoms with van der Waals surface area (Å²) in [7, 11) is 0. The molecule has 20 heavy (non-hydrogen) atoms. The van der Waals surface area contributed by atoms with Crippen molar-refractivity contribution >= 4 is 5.91 Å². The second-order valence-corrected chi connectivity index (χ2v) is 5.31. The number of amides is 1. The minimum Gasteiger partial charge on any atom is -0.481 e. The molecule has 0 bridgehead atoms. The lowest BCUT2D eigenvalue weighted by Crippen LogP contribution is -2.44. The number of hydrogen-bond donors (Lipinski definition) is 1. The molecule has 1 saturated carbocycles. The molecule has 0 heterocycles. The number of halogens is 1. The van der Waals surface area contributed by atoms with E-state index < -0.39 is 6.10 Å². The molecule has 1 amide bonds. The Bertz CT molecular complexity index is 427. The molecule has 0 aliphatic heterocycles. The van der Waals surface area contributed by atoms with Gasteiger partial charge in [-0.1, -0.05) is 26.2 Å². The molecule has 0 unspecified atom stereocenters. The standard InChI is InChI=1S/C16H22FNO2/c1-2-15(20-14-10-8-12(17)9-11-14)16(19)18-13-6-4-3-5-7-13/h8-11,13,15H,2-7H2,1H3,(H,18,19)/t15-/m0/s1. The van der Waals surface area contributed by atoms with Crippen LogP contribution in [0.1, 0.15) is 45.4 Å². The van der Waals surface area contributed by atoms with Crippen LogP contribution in [-0.2, 0) is 4.79 Å². The van der Waals surface area contributed by atoms with Crippen LogP contribution in [0.4, 0.5) is 4.39 Å². The first-order chi connectivity index (χ1) is 9.69. The highest BCUT2D eigenvalue weighted by molar-refractivity contribution is 5.81. The van der Waals surface area contributed by atoms with E-state index in [0.717, 1.165) is 12.8 Å². The third-order valence-electron chi connectivity index (χ3n) is 3.71. The molecule has 0 radical (unpaired) electrons. The zero-order valence-electron chi connectivity index (χ0n) is 11.9. The van der Waals surface area contributed by atoms with Gasteiger partial charge in [-0.15, -0.1) is 0 Å². The molecule has 1 N–H and O–H groups in total. The number of nitrogens with one attached hydrogen (secondary N) is 1. The van der Waals surface area contributed by atoms with Gasteiger partial charge >= 0.3 is 0 Å². The maximum atomic E-state index is 12.8. The largest absolute Gasteiger partial charge is 0.481 e. The Morgan fingerprint density at radius 1 is 1.30 bits per heavy atom. The van der Waals surface area contributed by atoms with E-state index in [1.165, 1.54) is 31.4 Å². The van der Waals surface area contributed by atoms with Crippen LogP contribution in [-0.4, -0.2) is 18.1 Å². The highest BCUT2D eigenvalue weighted by Crippen LogP contribution is 2.19. The first-order valence-electron chi connectivity index (χ1n) is 7.41. The van der Waals surface area contributed by atoms with Gasteiger partial charge in [0, 0.05) is 6.04 Å². The molecule has 1 aromatic rings. The van der Waals surface area contributed by atoms with Crippen molar-refractivity contribution in [1.82, 2.24) is 5.32 Å². The van der Waals surface area contributed by atoms with Crippen LogP contribution >= 0.6 is 0 Å². The predicted molar refractivity (Wildman–Crippen MR) is 76.1 cm³/mol. The summed E-state index contributed by atoms with van der Waals surface area (Å²) >= 11 is 0. The van der Waals surface area contributed by atoms with Crippen LogP contribution < -0.4 is 10.1 Å². The number of benzene rings is 1. The smallest absolute Gasteiger partial charge is 0.261 e. The molecule has 1 aliphatic rings. The van der Waals surface area contributed by atoms with Gasteiger partial charge in [0.15, 0.2) is 6.10 Å². The van der Waals surface area contributed by atoms with E-state index in [2.05, 4.69) is 5.32 Å². The summed E-state index contributed by atoms with van der Waals surface area (Å²) in [6, 6.07) is 6.04. The maximum Gasteiger partial charge on any atom is 0.261 e. The van der Waals surface area contributed by atoms with E-state index in [0.29, 0.717) is 12.2 Å². The van der Waals surface area contributed by atoms with Gasteiger partial charge in [-0.3, -0.25) is 4.79 Å². The lowest BCUT2D eigenvalue weighted by molar-refractivity contribution is -0.129. The van der Waals surface area contributed by atoms with Gasteiger partial charge in [-0.05, 0) is 43.5 Å². The quantitative estimate of drug-likeness (QED) is 0.896. The average Bonchev–Trinajstić information content (AvgIpc) is 2.47. The third-order valence-corrected chi connectivity index (χ3v) is 3.71. The molecule has 1 aromatic carbocycles. The van der Waals surface area contributed by atoms with Gasteiger partial charge in [0.2, 0.25) is 0 Å². The Hall–Kier alpha value is -1.58.